The Morgan fingerprint density at radius 1 is 1.13 bits per heavy atom. The highest BCUT2D eigenvalue weighted by Gasteiger charge is 2.42. The van der Waals surface area contributed by atoms with Crippen LogP contribution in [-0.4, -0.2) is 30.0 Å². The smallest absolute Gasteiger partial charge is 0.303 e. The SMILES string of the molecule is CCCCC/C=C\C[C@@H](O[Si](C)(C)C(C)(C)C)C(OC(C)=O)S(=O)c1ccc(C)cc1. The van der Waals surface area contributed by atoms with Crippen molar-refractivity contribution in [1.29, 1.82) is 0 Å². The van der Waals surface area contributed by atoms with Crippen molar-refractivity contribution in [3.05, 3.63) is 42.0 Å². The van der Waals surface area contributed by atoms with Crippen LogP contribution in [0.4, 0.5) is 0 Å². The molecule has 4 nitrogen and oxygen atoms in total. The lowest BCUT2D eigenvalue weighted by Crippen LogP contribution is -2.48. The van der Waals surface area contributed by atoms with Gasteiger partial charge in [0.2, 0.25) is 5.44 Å². The third-order valence-corrected chi connectivity index (χ3v) is 11.9. The Balaban J connectivity index is 3.20. The van der Waals surface area contributed by atoms with E-state index in [0.29, 0.717) is 11.3 Å². The molecule has 3 atom stereocenters. The van der Waals surface area contributed by atoms with E-state index in [0.717, 1.165) is 18.4 Å². The summed E-state index contributed by atoms with van der Waals surface area (Å²) in [5, 5.41) is -0.0117. The number of benzene rings is 1. The fourth-order valence-electron chi connectivity index (χ4n) is 2.86. The number of hydrogen-bond acceptors (Lipinski definition) is 4. The van der Waals surface area contributed by atoms with Crippen molar-refractivity contribution in [1.82, 2.24) is 0 Å². The molecule has 0 spiro atoms. The van der Waals surface area contributed by atoms with Crippen LogP contribution >= 0.6 is 0 Å². The van der Waals surface area contributed by atoms with Crippen molar-refractivity contribution >= 4 is 25.1 Å². The summed E-state index contributed by atoms with van der Waals surface area (Å²) >= 11 is 0. The molecule has 0 saturated carbocycles. The normalized spacial score (nSPS) is 15.6. The summed E-state index contributed by atoms with van der Waals surface area (Å²) in [6.07, 6.45) is 8.93. The molecule has 2 unspecified atom stereocenters. The van der Waals surface area contributed by atoms with Crippen molar-refractivity contribution in [2.45, 2.75) is 108 Å². The van der Waals surface area contributed by atoms with E-state index < -0.39 is 36.6 Å². The highest BCUT2D eigenvalue weighted by atomic mass is 32.2. The second kappa shape index (κ2) is 12.7. The van der Waals surface area contributed by atoms with Gasteiger partial charge in [0, 0.05) is 11.8 Å². The van der Waals surface area contributed by atoms with Crippen molar-refractivity contribution in [2.24, 2.45) is 0 Å². The number of ether oxygens (including phenoxy) is 1. The van der Waals surface area contributed by atoms with E-state index in [9.17, 15) is 9.00 Å². The summed E-state index contributed by atoms with van der Waals surface area (Å²) in [4.78, 5) is 12.6. The number of rotatable bonds is 12. The highest BCUT2D eigenvalue weighted by Crippen LogP contribution is 2.38. The van der Waals surface area contributed by atoms with E-state index in [1.165, 1.54) is 19.8 Å². The number of aryl methyl sites for hydroxylation is 1. The number of carbonyl (C=O) groups is 1. The maximum absolute atomic E-state index is 13.5. The average Bonchev–Trinajstić information content (AvgIpc) is 2.67. The molecule has 0 heterocycles. The van der Waals surface area contributed by atoms with Gasteiger partial charge in [0.15, 0.2) is 8.32 Å². The summed E-state index contributed by atoms with van der Waals surface area (Å²) in [5.41, 5.74) is 0.239. The number of hydrogen-bond donors (Lipinski definition) is 0. The molecule has 0 aliphatic carbocycles. The van der Waals surface area contributed by atoms with E-state index in [1.54, 1.807) is 0 Å². The molecule has 0 saturated heterocycles. The second-order valence-corrected chi connectivity index (χ2v) is 16.0. The van der Waals surface area contributed by atoms with Crippen LogP contribution in [0.15, 0.2) is 41.3 Å². The van der Waals surface area contributed by atoms with E-state index in [1.807, 2.05) is 31.2 Å². The molecule has 31 heavy (non-hydrogen) atoms. The summed E-state index contributed by atoms with van der Waals surface area (Å²) in [6, 6.07) is 7.53. The van der Waals surface area contributed by atoms with Crippen LogP contribution in [0.3, 0.4) is 0 Å². The molecule has 0 aliphatic heterocycles. The molecule has 1 aromatic rings. The van der Waals surface area contributed by atoms with Crippen LogP contribution < -0.4 is 0 Å². The Kier molecular flexibility index (Phi) is 11.4. The lowest BCUT2D eigenvalue weighted by atomic mass is 10.2. The quantitative estimate of drug-likeness (QED) is 0.145. The van der Waals surface area contributed by atoms with E-state index in [-0.39, 0.29) is 5.04 Å². The zero-order valence-electron chi connectivity index (χ0n) is 20.7. The van der Waals surface area contributed by atoms with Gasteiger partial charge in [-0.05, 0) is 56.5 Å². The minimum atomic E-state index is -2.18. The molecule has 176 valence electrons. The van der Waals surface area contributed by atoms with E-state index in [4.69, 9.17) is 9.16 Å². The molecule has 0 N–H and O–H groups in total. The van der Waals surface area contributed by atoms with Gasteiger partial charge >= 0.3 is 5.97 Å². The standard InChI is InChI=1S/C25H42O4SSi/c1-9-10-11-12-13-14-15-23(29-31(7,8)25(4,5)6)24(28-21(3)26)30(27)22-18-16-20(2)17-19-22/h13-14,16-19,23-24H,9-12,15H2,1-8H3/b14-13-/t23-,24?,30?/m1/s1. The number of carbonyl (C=O) groups excluding carboxylic acids is 1. The molecule has 0 fully saturated rings. The monoisotopic (exact) mass is 466 g/mol. The zero-order valence-corrected chi connectivity index (χ0v) is 22.5. The van der Waals surface area contributed by atoms with Crippen molar-refractivity contribution in [2.75, 3.05) is 0 Å². The summed E-state index contributed by atoms with van der Waals surface area (Å²) in [6.45, 7) is 16.4. The number of esters is 1. The molecular weight excluding hydrogens is 424 g/mol. The van der Waals surface area contributed by atoms with Crippen molar-refractivity contribution in [3.8, 4) is 0 Å². The van der Waals surface area contributed by atoms with Crippen LogP contribution in [0.5, 0.6) is 0 Å². The topological polar surface area (TPSA) is 52.6 Å². The first-order chi connectivity index (χ1) is 14.4. The maximum atomic E-state index is 13.5. The van der Waals surface area contributed by atoms with Crippen LogP contribution in [0.25, 0.3) is 0 Å². The first-order valence-electron chi connectivity index (χ1n) is 11.4. The average molecular weight is 467 g/mol. The number of allylic oxidation sites excluding steroid dienone is 1. The first kappa shape index (κ1) is 27.8. The summed E-state index contributed by atoms with van der Waals surface area (Å²) in [7, 11) is -3.71. The van der Waals surface area contributed by atoms with Crippen molar-refractivity contribution in [3.63, 3.8) is 0 Å². The third kappa shape index (κ3) is 9.42. The minimum absolute atomic E-state index is 0.0117. The van der Waals surface area contributed by atoms with Crippen LogP contribution in [-0.2, 0) is 24.8 Å². The van der Waals surface area contributed by atoms with Gasteiger partial charge in [0.1, 0.15) is 0 Å². The van der Waals surface area contributed by atoms with Gasteiger partial charge in [-0.1, -0.05) is 70.4 Å². The van der Waals surface area contributed by atoms with Crippen LogP contribution in [0.1, 0.15) is 72.3 Å². The van der Waals surface area contributed by atoms with E-state index >= 15 is 0 Å². The van der Waals surface area contributed by atoms with Gasteiger partial charge in [0.05, 0.1) is 16.9 Å². The Hall–Kier alpha value is -1.24. The van der Waals surface area contributed by atoms with Gasteiger partial charge in [-0.25, -0.2) is 0 Å². The van der Waals surface area contributed by atoms with Gasteiger partial charge in [0.25, 0.3) is 0 Å². The fraction of sp³-hybridized carbons (Fsp3) is 0.640. The van der Waals surface area contributed by atoms with Gasteiger partial charge in [-0.3, -0.25) is 9.00 Å². The first-order valence-corrected chi connectivity index (χ1v) is 15.5. The largest absolute Gasteiger partial charge is 0.446 e. The predicted octanol–water partition coefficient (Wildman–Crippen LogP) is 6.91. The molecule has 0 amide bonds. The molecule has 1 aromatic carbocycles. The summed E-state index contributed by atoms with van der Waals surface area (Å²) in [5.74, 6) is -0.443. The summed E-state index contributed by atoms with van der Waals surface area (Å²) < 4.78 is 25.8. The van der Waals surface area contributed by atoms with Gasteiger partial charge in [-0.2, -0.15) is 0 Å². The molecule has 0 radical (unpaired) electrons. The lowest BCUT2D eigenvalue weighted by molar-refractivity contribution is -0.145. The van der Waals surface area contributed by atoms with Crippen LogP contribution in [0.2, 0.25) is 18.1 Å². The lowest BCUT2D eigenvalue weighted by Gasteiger charge is -2.40. The molecule has 6 heteroatoms. The Bertz CT molecular complexity index is 735. The Labute approximate surface area is 193 Å². The van der Waals surface area contributed by atoms with E-state index in [2.05, 4.69) is 52.9 Å². The Morgan fingerprint density at radius 3 is 2.26 bits per heavy atom. The van der Waals surface area contributed by atoms with Crippen molar-refractivity contribution < 1.29 is 18.2 Å². The molecule has 0 aliphatic rings. The molecular formula is C25H42O4SSi. The molecule has 0 bridgehead atoms. The Morgan fingerprint density at radius 2 is 1.74 bits per heavy atom. The number of unbranched alkanes of at least 4 members (excludes halogenated alkanes) is 3. The van der Waals surface area contributed by atoms with Crippen LogP contribution in [0, 0.1) is 6.92 Å². The highest BCUT2D eigenvalue weighted by molar-refractivity contribution is 7.85. The maximum Gasteiger partial charge on any atom is 0.303 e. The zero-order chi connectivity index (χ0) is 23.7. The minimum Gasteiger partial charge on any atom is -0.446 e. The second-order valence-electron chi connectivity index (χ2n) is 9.71. The van der Waals surface area contributed by atoms with Gasteiger partial charge in [-0.15, -0.1) is 0 Å². The fourth-order valence-corrected chi connectivity index (χ4v) is 5.62. The molecule has 0 aromatic heterocycles. The predicted molar refractivity (Wildman–Crippen MR) is 133 cm³/mol. The molecule has 1 rings (SSSR count). The van der Waals surface area contributed by atoms with Gasteiger partial charge < -0.3 is 9.16 Å². The third-order valence-electron chi connectivity index (χ3n) is 5.81.